The van der Waals surface area contributed by atoms with E-state index in [1.807, 2.05) is 0 Å². The molecule has 0 spiro atoms. The fourth-order valence-electron chi connectivity index (χ4n) is 2.39. The Labute approximate surface area is 117 Å². The number of nitro groups is 1. The van der Waals surface area contributed by atoms with Crippen molar-refractivity contribution < 1.29 is 4.92 Å². The Morgan fingerprint density at radius 3 is 2.58 bits per heavy atom. The Bertz CT molecular complexity index is 487. The highest BCUT2D eigenvalue weighted by Gasteiger charge is 2.38. The minimum Gasteiger partial charge on any atom is -0.382 e. The first-order valence-corrected chi connectivity index (χ1v) is 6.68. The summed E-state index contributed by atoms with van der Waals surface area (Å²) in [5, 5.41) is 14.3. The molecule has 6 heteroatoms. The van der Waals surface area contributed by atoms with Crippen molar-refractivity contribution in [2.75, 3.05) is 26.0 Å². The van der Waals surface area contributed by atoms with Crippen LogP contribution in [0.15, 0.2) is 18.2 Å². The average Bonchev–Trinajstić information content (AvgIpc) is 2.28. The number of nitro benzene ring substituents is 1. The van der Waals surface area contributed by atoms with Crippen LogP contribution in [-0.4, -0.2) is 36.0 Å². The second-order valence-corrected chi connectivity index (χ2v) is 5.65. The fraction of sp³-hybridized carbons (Fsp3) is 0.538. The topological polar surface area (TPSA) is 58.4 Å². The minimum atomic E-state index is -0.442. The quantitative estimate of drug-likeness (QED) is 0.666. The Morgan fingerprint density at radius 1 is 1.47 bits per heavy atom. The number of nitrogens with zero attached hydrogens (tertiary/aromatic N) is 2. The molecule has 2 rings (SSSR count). The van der Waals surface area contributed by atoms with Crippen LogP contribution >= 0.6 is 11.6 Å². The summed E-state index contributed by atoms with van der Waals surface area (Å²) in [6.07, 6.45) is 3.57. The van der Waals surface area contributed by atoms with E-state index in [1.54, 1.807) is 6.07 Å². The molecule has 0 aromatic heterocycles. The van der Waals surface area contributed by atoms with E-state index in [9.17, 15) is 10.1 Å². The van der Waals surface area contributed by atoms with Crippen molar-refractivity contribution in [1.29, 1.82) is 0 Å². The third kappa shape index (κ3) is 2.82. The average molecular weight is 284 g/mol. The van der Waals surface area contributed by atoms with Gasteiger partial charge < -0.3 is 10.2 Å². The zero-order valence-electron chi connectivity index (χ0n) is 11.1. The lowest BCUT2D eigenvalue weighted by molar-refractivity contribution is -0.384. The number of anilines is 1. The molecule has 0 bridgehead atoms. The highest BCUT2D eigenvalue weighted by atomic mass is 35.5. The molecule has 0 amide bonds. The zero-order chi connectivity index (χ0) is 14.0. The van der Waals surface area contributed by atoms with Gasteiger partial charge in [0.2, 0.25) is 0 Å². The Morgan fingerprint density at radius 2 is 2.16 bits per heavy atom. The molecule has 104 valence electrons. The van der Waals surface area contributed by atoms with Gasteiger partial charge in [-0.05, 0) is 39.4 Å². The van der Waals surface area contributed by atoms with Crippen molar-refractivity contribution in [2.45, 2.75) is 24.8 Å². The molecule has 0 radical (unpaired) electrons. The molecule has 1 saturated carbocycles. The smallest absolute Gasteiger partial charge is 0.271 e. The minimum absolute atomic E-state index is 0.0153. The number of hydrogen-bond acceptors (Lipinski definition) is 4. The van der Waals surface area contributed by atoms with E-state index in [0.717, 1.165) is 25.1 Å². The van der Waals surface area contributed by atoms with Crippen LogP contribution in [0.2, 0.25) is 5.02 Å². The van der Waals surface area contributed by atoms with Crippen molar-refractivity contribution in [1.82, 2.24) is 4.90 Å². The van der Waals surface area contributed by atoms with E-state index in [0.29, 0.717) is 5.02 Å². The SMILES string of the molecule is CN(C)C1(CNc2ccc([N+](=O)[O-])cc2Cl)CCC1. The first-order valence-electron chi connectivity index (χ1n) is 6.30. The second-order valence-electron chi connectivity index (χ2n) is 5.25. The van der Waals surface area contributed by atoms with Gasteiger partial charge in [0.05, 0.1) is 15.6 Å². The lowest BCUT2D eigenvalue weighted by Crippen LogP contribution is -2.54. The van der Waals surface area contributed by atoms with Gasteiger partial charge in [-0.2, -0.15) is 0 Å². The van der Waals surface area contributed by atoms with Gasteiger partial charge in [-0.1, -0.05) is 11.6 Å². The van der Waals surface area contributed by atoms with Gasteiger partial charge in [-0.15, -0.1) is 0 Å². The van der Waals surface area contributed by atoms with Crippen molar-refractivity contribution >= 4 is 23.0 Å². The summed E-state index contributed by atoms with van der Waals surface area (Å²) in [7, 11) is 4.16. The highest BCUT2D eigenvalue weighted by Crippen LogP contribution is 2.37. The Balaban J connectivity index is 2.06. The van der Waals surface area contributed by atoms with Crippen molar-refractivity contribution in [3.63, 3.8) is 0 Å². The predicted octanol–water partition coefficient (Wildman–Crippen LogP) is 3.14. The first-order chi connectivity index (χ1) is 8.94. The van der Waals surface area contributed by atoms with Crippen LogP contribution in [0.25, 0.3) is 0 Å². The monoisotopic (exact) mass is 283 g/mol. The molecule has 0 aliphatic heterocycles. The normalized spacial score (nSPS) is 17.1. The van der Waals surface area contributed by atoms with Crippen LogP contribution in [0.1, 0.15) is 19.3 Å². The Hall–Kier alpha value is -1.33. The van der Waals surface area contributed by atoms with Crippen molar-refractivity contribution in [2.24, 2.45) is 0 Å². The molecule has 0 saturated heterocycles. The van der Waals surface area contributed by atoms with Gasteiger partial charge in [0, 0.05) is 24.2 Å². The van der Waals surface area contributed by atoms with Gasteiger partial charge >= 0.3 is 0 Å². The molecule has 1 aromatic rings. The van der Waals surface area contributed by atoms with E-state index >= 15 is 0 Å². The van der Waals surface area contributed by atoms with Gasteiger partial charge in [0.1, 0.15) is 0 Å². The predicted molar refractivity (Wildman–Crippen MR) is 76.9 cm³/mol. The second kappa shape index (κ2) is 5.35. The molecule has 1 aliphatic rings. The molecule has 1 fully saturated rings. The van der Waals surface area contributed by atoms with Crippen molar-refractivity contribution in [3.8, 4) is 0 Å². The summed E-state index contributed by atoms with van der Waals surface area (Å²) in [6, 6.07) is 4.52. The maximum atomic E-state index is 10.6. The molecule has 1 aliphatic carbocycles. The number of benzene rings is 1. The Kier molecular flexibility index (Phi) is 3.96. The number of rotatable bonds is 5. The number of nitrogens with one attached hydrogen (secondary N) is 1. The third-order valence-electron chi connectivity index (χ3n) is 4.00. The molecule has 0 atom stereocenters. The summed E-state index contributed by atoms with van der Waals surface area (Å²) in [4.78, 5) is 12.4. The van der Waals surface area contributed by atoms with E-state index in [-0.39, 0.29) is 11.2 Å². The van der Waals surface area contributed by atoms with Gasteiger partial charge in [0.15, 0.2) is 0 Å². The molecule has 19 heavy (non-hydrogen) atoms. The number of likely N-dealkylation sites (N-methyl/N-ethyl adjacent to an activating group) is 1. The van der Waals surface area contributed by atoms with Crippen LogP contribution in [0.3, 0.4) is 0 Å². The zero-order valence-corrected chi connectivity index (χ0v) is 11.9. The molecule has 0 heterocycles. The maximum absolute atomic E-state index is 10.6. The van der Waals surface area contributed by atoms with Gasteiger partial charge in [-0.3, -0.25) is 10.1 Å². The molecule has 5 nitrogen and oxygen atoms in total. The van der Waals surface area contributed by atoms with Crippen LogP contribution < -0.4 is 5.32 Å². The summed E-state index contributed by atoms with van der Waals surface area (Å²) in [5.74, 6) is 0. The summed E-state index contributed by atoms with van der Waals surface area (Å²) in [6.45, 7) is 0.803. The van der Waals surface area contributed by atoms with Crippen LogP contribution in [-0.2, 0) is 0 Å². The standard InChI is InChI=1S/C13H18ClN3O2/c1-16(2)13(6-3-7-13)9-15-12-5-4-10(17(18)19)8-11(12)14/h4-5,8,15H,3,6-7,9H2,1-2H3. The summed E-state index contributed by atoms with van der Waals surface area (Å²) < 4.78 is 0. The molecular weight excluding hydrogens is 266 g/mol. The van der Waals surface area contributed by atoms with Crippen LogP contribution in [0, 0.1) is 10.1 Å². The molecular formula is C13H18ClN3O2. The molecule has 1 aromatic carbocycles. The van der Waals surface area contributed by atoms with E-state index in [1.165, 1.54) is 18.6 Å². The fourth-order valence-corrected chi connectivity index (χ4v) is 2.63. The van der Waals surface area contributed by atoms with E-state index in [2.05, 4.69) is 24.3 Å². The number of halogens is 1. The first kappa shape index (κ1) is 14.1. The van der Waals surface area contributed by atoms with Gasteiger partial charge in [-0.25, -0.2) is 0 Å². The summed E-state index contributed by atoms with van der Waals surface area (Å²) in [5.41, 5.74) is 0.951. The van der Waals surface area contributed by atoms with Gasteiger partial charge in [0.25, 0.3) is 5.69 Å². The largest absolute Gasteiger partial charge is 0.382 e. The van der Waals surface area contributed by atoms with Crippen LogP contribution in [0.4, 0.5) is 11.4 Å². The van der Waals surface area contributed by atoms with Crippen LogP contribution in [0.5, 0.6) is 0 Å². The third-order valence-corrected chi connectivity index (χ3v) is 4.32. The van der Waals surface area contributed by atoms with Crippen molar-refractivity contribution in [3.05, 3.63) is 33.3 Å². The number of hydrogen-bond donors (Lipinski definition) is 1. The molecule has 0 unspecified atom stereocenters. The molecule has 1 N–H and O–H groups in total. The lowest BCUT2D eigenvalue weighted by Gasteiger charge is -2.47. The van der Waals surface area contributed by atoms with E-state index < -0.39 is 4.92 Å². The highest BCUT2D eigenvalue weighted by molar-refractivity contribution is 6.33. The maximum Gasteiger partial charge on any atom is 0.271 e. The lowest BCUT2D eigenvalue weighted by atomic mass is 9.75. The number of non-ortho nitro benzene ring substituents is 1. The summed E-state index contributed by atoms with van der Waals surface area (Å²) >= 11 is 6.06. The van der Waals surface area contributed by atoms with E-state index in [4.69, 9.17) is 11.6 Å².